The molecule has 0 N–H and O–H groups in total. The molecule has 0 heterocycles. The summed E-state index contributed by atoms with van der Waals surface area (Å²) in [6.45, 7) is 1.66. The van der Waals surface area contributed by atoms with Crippen molar-refractivity contribution in [3.8, 4) is 17.2 Å². The Hall–Kier alpha value is -2.20. The molecule has 0 unspecified atom stereocenters. The quantitative estimate of drug-likeness (QED) is 0.621. The molecule has 0 aliphatic carbocycles. The van der Waals surface area contributed by atoms with Gasteiger partial charge in [0.25, 0.3) is 0 Å². The van der Waals surface area contributed by atoms with E-state index >= 15 is 0 Å². The molecule has 0 saturated carbocycles. The number of hydrogen-bond acceptors (Lipinski definition) is 4. The Morgan fingerprint density at radius 3 is 2.57 bits per heavy atom. The van der Waals surface area contributed by atoms with E-state index in [2.05, 4.69) is 0 Å². The molecule has 0 aliphatic heterocycles. The Labute approximate surface area is 128 Å². The lowest BCUT2D eigenvalue weighted by molar-refractivity contribution is -0.131. The highest BCUT2D eigenvalue weighted by Crippen LogP contribution is 2.30. The van der Waals surface area contributed by atoms with Crippen molar-refractivity contribution in [2.45, 2.75) is 13.5 Å². The number of para-hydroxylation sites is 1. The topological polar surface area (TPSA) is 44.8 Å². The van der Waals surface area contributed by atoms with Crippen molar-refractivity contribution in [2.75, 3.05) is 7.11 Å². The van der Waals surface area contributed by atoms with Crippen LogP contribution in [0.3, 0.4) is 0 Å². The summed E-state index contributed by atoms with van der Waals surface area (Å²) in [4.78, 5) is 10.9. The minimum atomic E-state index is -0.395. The monoisotopic (exact) mass is 306 g/mol. The van der Waals surface area contributed by atoms with E-state index in [-0.39, 0.29) is 0 Å². The number of benzene rings is 2. The minimum Gasteiger partial charge on any atom is -0.496 e. The predicted molar refractivity (Wildman–Crippen MR) is 80.1 cm³/mol. The molecule has 2 aromatic carbocycles. The summed E-state index contributed by atoms with van der Waals surface area (Å²) >= 11 is 6.11. The third-order valence-electron chi connectivity index (χ3n) is 2.74. The average Bonchev–Trinajstić information content (AvgIpc) is 2.46. The minimum absolute atomic E-state index is 0.330. The van der Waals surface area contributed by atoms with Crippen molar-refractivity contribution in [2.24, 2.45) is 0 Å². The molecule has 2 rings (SSSR count). The van der Waals surface area contributed by atoms with Crippen LogP contribution in [0.2, 0.25) is 5.02 Å². The van der Waals surface area contributed by atoms with Crippen LogP contribution in [0.15, 0.2) is 42.5 Å². The number of ether oxygens (including phenoxy) is 3. The van der Waals surface area contributed by atoms with E-state index in [4.69, 9.17) is 25.8 Å². The second kappa shape index (κ2) is 6.99. The lowest BCUT2D eigenvalue weighted by Crippen LogP contribution is -2.02. The molecular formula is C16H15ClO4. The largest absolute Gasteiger partial charge is 0.496 e. The van der Waals surface area contributed by atoms with Crippen LogP contribution >= 0.6 is 11.6 Å². The maximum absolute atomic E-state index is 10.9. The Kier molecular flexibility index (Phi) is 5.06. The fourth-order valence-corrected chi connectivity index (χ4v) is 2.03. The first-order chi connectivity index (χ1) is 10.1. The molecule has 0 aliphatic rings. The summed E-state index contributed by atoms with van der Waals surface area (Å²) in [5, 5.41) is 0.378. The van der Waals surface area contributed by atoms with E-state index in [1.54, 1.807) is 25.3 Å². The van der Waals surface area contributed by atoms with Crippen LogP contribution in [0.4, 0.5) is 0 Å². The van der Waals surface area contributed by atoms with Gasteiger partial charge in [-0.25, -0.2) is 0 Å². The molecule has 0 amide bonds. The van der Waals surface area contributed by atoms with Crippen molar-refractivity contribution in [1.82, 2.24) is 0 Å². The van der Waals surface area contributed by atoms with E-state index in [1.165, 1.54) is 6.92 Å². The Balaban J connectivity index is 2.08. The molecule has 4 nitrogen and oxygen atoms in total. The molecule has 0 spiro atoms. The van der Waals surface area contributed by atoms with Gasteiger partial charge in [-0.1, -0.05) is 29.8 Å². The van der Waals surface area contributed by atoms with Gasteiger partial charge in [0, 0.05) is 18.6 Å². The molecule has 0 saturated heterocycles. The number of rotatable bonds is 5. The van der Waals surface area contributed by atoms with Crippen LogP contribution in [0.25, 0.3) is 0 Å². The van der Waals surface area contributed by atoms with Gasteiger partial charge in [-0.2, -0.15) is 0 Å². The highest BCUT2D eigenvalue weighted by Gasteiger charge is 2.07. The van der Waals surface area contributed by atoms with Gasteiger partial charge >= 0.3 is 5.97 Å². The molecule has 0 fully saturated rings. The molecule has 0 radical (unpaired) electrons. The van der Waals surface area contributed by atoms with Crippen molar-refractivity contribution in [3.63, 3.8) is 0 Å². The Bertz CT molecular complexity index is 640. The summed E-state index contributed by atoms with van der Waals surface area (Å²) in [6, 6.07) is 12.4. The van der Waals surface area contributed by atoms with Crippen LogP contribution in [0.5, 0.6) is 17.2 Å². The fourth-order valence-electron chi connectivity index (χ4n) is 1.81. The first kappa shape index (κ1) is 15.2. The molecule has 0 atom stereocenters. The first-order valence-electron chi connectivity index (χ1n) is 6.33. The number of carbonyl (C=O) groups is 1. The maximum atomic E-state index is 10.9. The van der Waals surface area contributed by atoms with Gasteiger partial charge in [-0.05, 0) is 18.2 Å². The smallest absolute Gasteiger partial charge is 0.308 e. The van der Waals surface area contributed by atoms with Crippen molar-refractivity contribution >= 4 is 17.6 Å². The summed E-state index contributed by atoms with van der Waals surface area (Å²) in [6.07, 6.45) is 0. The number of methoxy groups -OCH3 is 1. The zero-order chi connectivity index (χ0) is 15.2. The molecule has 0 aromatic heterocycles. The van der Waals surface area contributed by atoms with Crippen LogP contribution < -0.4 is 14.2 Å². The van der Waals surface area contributed by atoms with Gasteiger partial charge in [-0.3, -0.25) is 4.79 Å². The summed E-state index contributed by atoms with van der Waals surface area (Å²) in [5.74, 6) is 1.26. The van der Waals surface area contributed by atoms with Gasteiger partial charge < -0.3 is 14.2 Å². The molecule has 5 heteroatoms. The van der Waals surface area contributed by atoms with Crippen molar-refractivity contribution < 1.29 is 19.0 Å². The highest BCUT2D eigenvalue weighted by molar-refractivity contribution is 6.32. The molecular weight excluding hydrogens is 292 g/mol. The number of halogens is 1. The van der Waals surface area contributed by atoms with E-state index in [1.807, 2.05) is 24.3 Å². The van der Waals surface area contributed by atoms with E-state index in [0.717, 1.165) is 11.3 Å². The Morgan fingerprint density at radius 1 is 1.14 bits per heavy atom. The van der Waals surface area contributed by atoms with Crippen molar-refractivity contribution in [1.29, 1.82) is 0 Å². The lowest BCUT2D eigenvalue weighted by atomic mass is 10.2. The highest BCUT2D eigenvalue weighted by atomic mass is 35.5. The Morgan fingerprint density at radius 2 is 1.90 bits per heavy atom. The number of carbonyl (C=O) groups excluding carboxylic acids is 1. The standard InChI is InChI=1S/C16H15ClO4/c1-11(18)21-13-7-8-16(14(17)9-13)20-10-12-5-3-4-6-15(12)19-2/h3-9H,10H2,1-2H3. The maximum Gasteiger partial charge on any atom is 0.308 e. The lowest BCUT2D eigenvalue weighted by Gasteiger charge is -2.11. The number of hydrogen-bond donors (Lipinski definition) is 0. The van der Waals surface area contributed by atoms with Crippen LogP contribution in [0, 0.1) is 0 Å². The first-order valence-corrected chi connectivity index (χ1v) is 6.70. The predicted octanol–water partition coefficient (Wildman–Crippen LogP) is 3.85. The molecule has 2 aromatic rings. The zero-order valence-corrected chi connectivity index (χ0v) is 12.5. The van der Waals surface area contributed by atoms with Gasteiger partial charge in [0.15, 0.2) is 0 Å². The van der Waals surface area contributed by atoms with Crippen molar-refractivity contribution in [3.05, 3.63) is 53.1 Å². The van der Waals surface area contributed by atoms with Gasteiger partial charge in [-0.15, -0.1) is 0 Å². The summed E-state index contributed by atoms with van der Waals surface area (Å²) in [5.41, 5.74) is 0.917. The van der Waals surface area contributed by atoms with E-state index < -0.39 is 5.97 Å². The summed E-state index contributed by atoms with van der Waals surface area (Å²) in [7, 11) is 1.61. The summed E-state index contributed by atoms with van der Waals surface area (Å²) < 4.78 is 15.9. The second-order valence-corrected chi connectivity index (χ2v) is 4.69. The SMILES string of the molecule is COc1ccccc1COc1ccc(OC(C)=O)cc1Cl. The van der Waals surface area contributed by atoms with Crippen LogP contribution in [-0.4, -0.2) is 13.1 Å². The van der Waals surface area contributed by atoms with Crippen LogP contribution in [0.1, 0.15) is 12.5 Å². The molecule has 0 bridgehead atoms. The van der Waals surface area contributed by atoms with E-state index in [0.29, 0.717) is 23.1 Å². The van der Waals surface area contributed by atoms with E-state index in [9.17, 15) is 4.79 Å². The molecule has 110 valence electrons. The fraction of sp³-hybridized carbons (Fsp3) is 0.188. The van der Waals surface area contributed by atoms with Gasteiger partial charge in [0.1, 0.15) is 23.9 Å². The second-order valence-electron chi connectivity index (χ2n) is 4.29. The third-order valence-corrected chi connectivity index (χ3v) is 3.04. The van der Waals surface area contributed by atoms with Gasteiger partial charge in [0.2, 0.25) is 0 Å². The van der Waals surface area contributed by atoms with Gasteiger partial charge in [0.05, 0.1) is 12.1 Å². The normalized spacial score (nSPS) is 10.0. The molecule has 21 heavy (non-hydrogen) atoms. The third kappa shape index (κ3) is 4.13. The number of esters is 1. The van der Waals surface area contributed by atoms with Crippen LogP contribution in [-0.2, 0) is 11.4 Å². The zero-order valence-electron chi connectivity index (χ0n) is 11.8. The average molecular weight is 307 g/mol.